The molecule has 128 valence electrons. The van der Waals surface area contributed by atoms with Gasteiger partial charge in [0, 0.05) is 11.9 Å². The molecule has 7 heteroatoms. The summed E-state index contributed by atoms with van der Waals surface area (Å²) >= 11 is 0. The van der Waals surface area contributed by atoms with Gasteiger partial charge < -0.3 is 10.1 Å². The molecule has 7 nitrogen and oxygen atoms in total. The Morgan fingerprint density at radius 3 is 2.58 bits per heavy atom. The van der Waals surface area contributed by atoms with Crippen LogP contribution in [0.15, 0.2) is 29.1 Å². The number of hydrogen-bond acceptors (Lipinski definition) is 5. The second-order valence-corrected chi connectivity index (χ2v) is 5.73. The second kappa shape index (κ2) is 7.72. The minimum absolute atomic E-state index is 0.0863. The average molecular weight is 331 g/mol. The highest BCUT2D eigenvalue weighted by atomic mass is 16.5. The molecule has 0 saturated carbocycles. The van der Waals surface area contributed by atoms with Crippen molar-refractivity contribution < 1.29 is 14.3 Å². The van der Waals surface area contributed by atoms with Gasteiger partial charge in [0.15, 0.2) is 0 Å². The molecule has 0 aliphatic rings. The Kier molecular flexibility index (Phi) is 5.68. The van der Waals surface area contributed by atoms with E-state index < -0.39 is 0 Å². The predicted octanol–water partition coefficient (Wildman–Crippen LogP) is 1.16. The maximum atomic E-state index is 12.4. The van der Waals surface area contributed by atoms with E-state index in [1.54, 1.807) is 32.9 Å². The summed E-state index contributed by atoms with van der Waals surface area (Å²) in [4.78, 5) is 35.7. The van der Waals surface area contributed by atoms with Crippen LogP contribution < -0.4 is 10.9 Å². The van der Waals surface area contributed by atoms with Crippen molar-refractivity contribution in [1.82, 2.24) is 15.1 Å². The summed E-state index contributed by atoms with van der Waals surface area (Å²) in [6, 6.07) is 7.14. The lowest BCUT2D eigenvalue weighted by molar-refractivity contribution is -0.147. The van der Waals surface area contributed by atoms with E-state index in [-0.39, 0.29) is 43.1 Å². The molecule has 0 unspecified atom stereocenters. The lowest BCUT2D eigenvalue weighted by atomic mass is 10.1. The quantitative estimate of drug-likeness (QED) is 0.802. The zero-order chi connectivity index (χ0) is 17.7. The smallest absolute Gasteiger partial charge is 0.307 e. The van der Waals surface area contributed by atoms with Crippen molar-refractivity contribution in [2.24, 2.45) is 0 Å². The number of nitrogens with zero attached hydrogens (tertiary/aromatic N) is 2. The first-order valence-electron chi connectivity index (χ1n) is 7.81. The molecule has 0 spiro atoms. The van der Waals surface area contributed by atoms with E-state index in [9.17, 15) is 14.4 Å². The molecule has 0 radical (unpaired) electrons. The van der Waals surface area contributed by atoms with E-state index in [4.69, 9.17) is 4.74 Å². The zero-order valence-electron chi connectivity index (χ0n) is 14.0. The van der Waals surface area contributed by atoms with E-state index in [1.165, 1.54) is 0 Å². The van der Waals surface area contributed by atoms with Crippen LogP contribution in [0.1, 0.15) is 26.0 Å². The molecule has 0 aliphatic carbocycles. The van der Waals surface area contributed by atoms with Crippen LogP contribution in [0.5, 0.6) is 0 Å². The fraction of sp³-hybridized carbons (Fsp3) is 0.412. The number of benzene rings is 1. The van der Waals surface area contributed by atoms with E-state index in [0.29, 0.717) is 11.1 Å². The van der Waals surface area contributed by atoms with Gasteiger partial charge in [0.25, 0.3) is 5.56 Å². The summed E-state index contributed by atoms with van der Waals surface area (Å²) in [5.41, 5.74) is 0.365. The molecule has 2 rings (SSSR count). The van der Waals surface area contributed by atoms with Crippen LogP contribution in [-0.4, -0.2) is 34.3 Å². The Morgan fingerprint density at radius 1 is 1.25 bits per heavy atom. The summed E-state index contributed by atoms with van der Waals surface area (Å²) < 4.78 is 6.11. The van der Waals surface area contributed by atoms with Gasteiger partial charge in [-0.15, -0.1) is 0 Å². The maximum absolute atomic E-state index is 12.4. The molecule has 1 aromatic carbocycles. The number of ether oxygens (including phenoxy) is 1. The van der Waals surface area contributed by atoms with Crippen LogP contribution in [0, 0.1) is 6.92 Å². The van der Waals surface area contributed by atoms with E-state index in [0.717, 1.165) is 10.1 Å². The van der Waals surface area contributed by atoms with Crippen LogP contribution in [0.2, 0.25) is 0 Å². The van der Waals surface area contributed by atoms with E-state index in [2.05, 4.69) is 10.4 Å². The Balaban J connectivity index is 2.00. The number of carbonyl (C=O) groups excluding carboxylic acids is 2. The minimum Gasteiger partial charge on any atom is -0.463 e. The van der Waals surface area contributed by atoms with Crippen molar-refractivity contribution in [1.29, 1.82) is 0 Å². The summed E-state index contributed by atoms with van der Waals surface area (Å²) in [7, 11) is 0. The van der Waals surface area contributed by atoms with Crippen LogP contribution in [0.3, 0.4) is 0 Å². The maximum Gasteiger partial charge on any atom is 0.307 e. The fourth-order valence-electron chi connectivity index (χ4n) is 2.33. The van der Waals surface area contributed by atoms with Crippen molar-refractivity contribution in [3.63, 3.8) is 0 Å². The van der Waals surface area contributed by atoms with Gasteiger partial charge in [0.1, 0.15) is 6.54 Å². The molecule has 0 saturated heterocycles. The number of amides is 1. The van der Waals surface area contributed by atoms with Gasteiger partial charge in [-0.2, -0.15) is 5.10 Å². The first-order valence-corrected chi connectivity index (χ1v) is 7.81. The number of hydrogen-bond donors (Lipinski definition) is 1. The standard InChI is InChI=1S/C17H21N3O4/c1-11(2)24-16(22)8-9-18-15(21)10-20-17(23)14-7-5-4-6-13(14)12(3)19-20/h4-7,11H,8-10H2,1-3H3,(H,18,21). The molecule has 1 amide bonds. The second-order valence-electron chi connectivity index (χ2n) is 5.73. The van der Waals surface area contributed by atoms with Gasteiger partial charge in [0.2, 0.25) is 5.91 Å². The minimum atomic E-state index is -0.378. The van der Waals surface area contributed by atoms with Crippen molar-refractivity contribution in [3.05, 3.63) is 40.3 Å². The highest BCUT2D eigenvalue weighted by Gasteiger charge is 2.11. The van der Waals surface area contributed by atoms with Gasteiger partial charge in [-0.05, 0) is 26.8 Å². The lowest BCUT2D eigenvalue weighted by Crippen LogP contribution is -2.35. The van der Waals surface area contributed by atoms with Crippen LogP contribution in [0.4, 0.5) is 0 Å². The summed E-state index contributed by atoms with van der Waals surface area (Å²) in [6.07, 6.45) is -0.0974. The van der Waals surface area contributed by atoms with Gasteiger partial charge in [-0.1, -0.05) is 18.2 Å². The number of aryl methyl sites for hydroxylation is 1. The Labute approximate surface area is 139 Å². The SMILES string of the molecule is Cc1nn(CC(=O)NCCC(=O)OC(C)C)c(=O)c2ccccc12. The molecular weight excluding hydrogens is 310 g/mol. The van der Waals surface area contributed by atoms with Crippen molar-refractivity contribution in [3.8, 4) is 0 Å². The number of aromatic nitrogens is 2. The van der Waals surface area contributed by atoms with Crippen molar-refractivity contribution >= 4 is 22.6 Å². The first kappa shape index (κ1) is 17.7. The molecule has 1 N–H and O–H groups in total. The highest BCUT2D eigenvalue weighted by Crippen LogP contribution is 2.11. The summed E-state index contributed by atoms with van der Waals surface area (Å²) in [6.45, 7) is 5.28. The Bertz CT molecular complexity index is 811. The van der Waals surface area contributed by atoms with Gasteiger partial charge >= 0.3 is 5.97 Å². The van der Waals surface area contributed by atoms with Crippen LogP contribution in [-0.2, 0) is 20.9 Å². The molecule has 0 fully saturated rings. The van der Waals surface area contributed by atoms with Crippen LogP contribution in [0.25, 0.3) is 10.8 Å². The fourth-order valence-corrected chi connectivity index (χ4v) is 2.33. The lowest BCUT2D eigenvalue weighted by Gasteiger charge is -2.10. The van der Waals surface area contributed by atoms with Crippen molar-refractivity contribution in [2.75, 3.05) is 6.54 Å². The summed E-state index contributed by atoms with van der Waals surface area (Å²) in [5.74, 6) is -0.751. The number of nitrogens with one attached hydrogen (secondary N) is 1. The average Bonchev–Trinajstić information content (AvgIpc) is 2.51. The first-order chi connectivity index (χ1) is 11.4. The molecule has 0 aliphatic heterocycles. The van der Waals surface area contributed by atoms with E-state index in [1.807, 2.05) is 12.1 Å². The Morgan fingerprint density at radius 2 is 1.92 bits per heavy atom. The van der Waals surface area contributed by atoms with Gasteiger partial charge in [-0.25, -0.2) is 4.68 Å². The third-order valence-corrected chi connectivity index (χ3v) is 3.36. The molecule has 1 aromatic heterocycles. The van der Waals surface area contributed by atoms with Gasteiger partial charge in [0.05, 0.1) is 23.6 Å². The largest absolute Gasteiger partial charge is 0.463 e. The number of rotatable bonds is 6. The van der Waals surface area contributed by atoms with Gasteiger partial charge in [-0.3, -0.25) is 14.4 Å². The monoisotopic (exact) mass is 331 g/mol. The van der Waals surface area contributed by atoms with Crippen molar-refractivity contribution in [2.45, 2.75) is 39.8 Å². The molecule has 0 bridgehead atoms. The van der Waals surface area contributed by atoms with Crippen LogP contribution >= 0.6 is 0 Å². The molecule has 0 atom stereocenters. The zero-order valence-corrected chi connectivity index (χ0v) is 14.0. The number of fused-ring (bicyclic) bond motifs is 1. The topological polar surface area (TPSA) is 90.3 Å². The molecular formula is C17H21N3O4. The normalized spacial score (nSPS) is 10.8. The summed E-state index contributed by atoms with van der Waals surface area (Å²) in [5, 5.41) is 8.07. The third-order valence-electron chi connectivity index (χ3n) is 3.36. The third kappa shape index (κ3) is 4.41. The molecule has 24 heavy (non-hydrogen) atoms. The number of carbonyl (C=O) groups is 2. The molecule has 2 aromatic rings. The number of esters is 1. The predicted molar refractivity (Wildman–Crippen MR) is 89.6 cm³/mol. The molecule has 1 heterocycles. The van der Waals surface area contributed by atoms with E-state index >= 15 is 0 Å². The Hall–Kier alpha value is -2.70. The highest BCUT2D eigenvalue weighted by molar-refractivity contribution is 5.83.